The minimum absolute atomic E-state index is 0.00589. The van der Waals surface area contributed by atoms with Crippen LogP contribution in [0.25, 0.3) is 0 Å². The van der Waals surface area contributed by atoms with Gasteiger partial charge in [0.15, 0.2) is 0 Å². The van der Waals surface area contributed by atoms with E-state index in [-0.39, 0.29) is 23.8 Å². The SMILES string of the molecule is C[C@H](NC(=O)[C@H]1CC[C@H](C=O)C1)c1ccccc1. The van der Waals surface area contributed by atoms with E-state index in [0.717, 1.165) is 24.7 Å². The zero-order valence-corrected chi connectivity index (χ0v) is 10.6. The Morgan fingerprint density at radius 3 is 2.67 bits per heavy atom. The fourth-order valence-electron chi connectivity index (χ4n) is 2.53. The largest absolute Gasteiger partial charge is 0.349 e. The summed E-state index contributed by atoms with van der Waals surface area (Å²) in [5, 5.41) is 3.03. The van der Waals surface area contributed by atoms with Gasteiger partial charge in [-0.25, -0.2) is 0 Å². The molecule has 96 valence electrons. The second-order valence-corrected chi connectivity index (χ2v) is 5.05. The van der Waals surface area contributed by atoms with E-state index >= 15 is 0 Å². The van der Waals surface area contributed by atoms with Crippen molar-refractivity contribution in [2.24, 2.45) is 11.8 Å². The van der Waals surface area contributed by atoms with Gasteiger partial charge in [0.1, 0.15) is 6.29 Å². The fraction of sp³-hybridized carbons (Fsp3) is 0.467. The van der Waals surface area contributed by atoms with Crippen LogP contribution in [0.15, 0.2) is 30.3 Å². The summed E-state index contributed by atoms with van der Waals surface area (Å²) in [6.07, 6.45) is 3.36. The molecule has 0 bridgehead atoms. The zero-order valence-electron chi connectivity index (χ0n) is 10.6. The summed E-state index contributed by atoms with van der Waals surface area (Å²) >= 11 is 0. The summed E-state index contributed by atoms with van der Waals surface area (Å²) in [6.45, 7) is 1.99. The van der Waals surface area contributed by atoms with Crippen molar-refractivity contribution in [1.82, 2.24) is 5.32 Å². The number of benzene rings is 1. The molecule has 18 heavy (non-hydrogen) atoms. The molecule has 1 fully saturated rings. The van der Waals surface area contributed by atoms with Gasteiger partial charge >= 0.3 is 0 Å². The molecule has 1 aromatic rings. The summed E-state index contributed by atoms with van der Waals surface area (Å²) in [6, 6.07) is 9.94. The molecule has 0 saturated heterocycles. The highest BCUT2D eigenvalue weighted by molar-refractivity contribution is 5.80. The first-order valence-corrected chi connectivity index (χ1v) is 6.51. The number of aldehydes is 1. The molecule has 1 aromatic carbocycles. The molecule has 1 aliphatic carbocycles. The minimum Gasteiger partial charge on any atom is -0.349 e. The Morgan fingerprint density at radius 2 is 2.06 bits per heavy atom. The van der Waals surface area contributed by atoms with Gasteiger partial charge in [-0.05, 0) is 31.7 Å². The standard InChI is InChI=1S/C15H19NO2/c1-11(13-5-3-2-4-6-13)16-15(18)14-8-7-12(9-14)10-17/h2-6,10-12,14H,7-9H2,1H3,(H,16,18)/t11-,12-,14-/m0/s1. The first-order valence-electron chi connectivity index (χ1n) is 6.51. The maximum atomic E-state index is 12.1. The van der Waals surface area contributed by atoms with Gasteiger partial charge in [0.2, 0.25) is 5.91 Å². The molecule has 1 saturated carbocycles. The number of rotatable bonds is 4. The van der Waals surface area contributed by atoms with Gasteiger partial charge in [-0.3, -0.25) is 4.79 Å². The van der Waals surface area contributed by atoms with Crippen molar-refractivity contribution in [2.45, 2.75) is 32.2 Å². The van der Waals surface area contributed by atoms with Crippen molar-refractivity contribution in [1.29, 1.82) is 0 Å². The molecule has 0 spiro atoms. The van der Waals surface area contributed by atoms with E-state index in [2.05, 4.69) is 5.32 Å². The lowest BCUT2D eigenvalue weighted by Gasteiger charge is -2.17. The van der Waals surface area contributed by atoms with Gasteiger partial charge in [-0.15, -0.1) is 0 Å². The van der Waals surface area contributed by atoms with E-state index in [1.165, 1.54) is 0 Å². The van der Waals surface area contributed by atoms with Gasteiger partial charge < -0.3 is 10.1 Å². The smallest absolute Gasteiger partial charge is 0.223 e. The lowest BCUT2D eigenvalue weighted by molar-refractivity contribution is -0.125. The van der Waals surface area contributed by atoms with Crippen LogP contribution in [-0.4, -0.2) is 12.2 Å². The number of hydrogen-bond donors (Lipinski definition) is 1. The van der Waals surface area contributed by atoms with Crippen LogP contribution in [0.1, 0.15) is 37.8 Å². The summed E-state index contributed by atoms with van der Waals surface area (Å²) in [5.41, 5.74) is 1.11. The second kappa shape index (κ2) is 5.80. The lowest BCUT2D eigenvalue weighted by atomic mass is 10.0. The topological polar surface area (TPSA) is 46.2 Å². The van der Waals surface area contributed by atoms with Gasteiger partial charge in [-0.2, -0.15) is 0 Å². The van der Waals surface area contributed by atoms with Crippen molar-refractivity contribution >= 4 is 12.2 Å². The number of carbonyl (C=O) groups excluding carboxylic acids is 2. The third-order valence-corrected chi connectivity index (χ3v) is 3.69. The molecule has 0 heterocycles. The van der Waals surface area contributed by atoms with E-state index in [0.29, 0.717) is 6.42 Å². The van der Waals surface area contributed by atoms with Gasteiger partial charge in [0.05, 0.1) is 6.04 Å². The van der Waals surface area contributed by atoms with Crippen LogP contribution in [0, 0.1) is 11.8 Å². The molecular weight excluding hydrogens is 226 g/mol. The highest BCUT2D eigenvalue weighted by Gasteiger charge is 2.30. The second-order valence-electron chi connectivity index (χ2n) is 5.05. The van der Waals surface area contributed by atoms with E-state index in [4.69, 9.17) is 0 Å². The average molecular weight is 245 g/mol. The molecule has 1 amide bonds. The number of carbonyl (C=O) groups is 2. The van der Waals surface area contributed by atoms with E-state index in [1.54, 1.807) is 0 Å². The predicted molar refractivity (Wildman–Crippen MR) is 69.9 cm³/mol. The van der Waals surface area contributed by atoms with Crippen LogP contribution in [0.5, 0.6) is 0 Å². The maximum absolute atomic E-state index is 12.1. The average Bonchev–Trinajstić information content (AvgIpc) is 2.88. The molecular formula is C15H19NO2. The molecule has 3 nitrogen and oxygen atoms in total. The number of amides is 1. The Kier molecular flexibility index (Phi) is 4.13. The molecule has 0 radical (unpaired) electrons. The normalized spacial score (nSPS) is 24.5. The lowest BCUT2D eigenvalue weighted by Crippen LogP contribution is -2.31. The van der Waals surface area contributed by atoms with E-state index in [9.17, 15) is 9.59 Å². The maximum Gasteiger partial charge on any atom is 0.223 e. The van der Waals surface area contributed by atoms with Crippen LogP contribution in [0.4, 0.5) is 0 Å². The molecule has 3 atom stereocenters. The van der Waals surface area contributed by atoms with Crippen molar-refractivity contribution in [2.75, 3.05) is 0 Å². The Balaban J connectivity index is 1.90. The molecule has 0 aliphatic heterocycles. The highest BCUT2D eigenvalue weighted by atomic mass is 16.2. The van der Waals surface area contributed by atoms with Crippen LogP contribution >= 0.6 is 0 Å². The monoisotopic (exact) mass is 245 g/mol. The first-order chi connectivity index (χ1) is 8.70. The summed E-state index contributed by atoms with van der Waals surface area (Å²) in [7, 11) is 0. The summed E-state index contributed by atoms with van der Waals surface area (Å²) in [4.78, 5) is 22.8. The van der Waals surface area contributed by atoms with Crippen molar-refractivity contribution in [3.05, 3.63) is 35.9 Å². The van der Waals surface area contributed by atoms with Crippen molar-refractivity contribution in [3.8, 4) is 0 Å². The van der Waals surface area contributed by atoms with Crippen LogP contribution < -0.4 is 5.32 Å². The predicted octanol–water partition coefficient (Wildman–Crippen LogP) is 2.48. The molecule has 2 rings (SSSR count). The molecule has 1 aliphatic rings. The van der Waals surface area contributed by atoms with E-state index in [1.807, 2.05) is 37.3 Å². The highest BCUT2D eigenvalue weighted by Crippen LogP contribution is 2.30. The third kappa shape index (κ3) is 2.97. The molecule has 1 N–H and O–H groups in total. The summed E-state index contributed by atoms with van der Waals surface area (Å²) < 4.78 is 0. The first kappa shape index (κ1) is 12.8. The zero-order chi connectivity index (χ0) is 13.0. The van der Waals surface area contributed by atoms with Crippen molar-refractivity contribution < 1.29 is 9.59 Å². The fourth-order valence-corrected chi connectivity index (χ4v) is 2.53. The Morgan fingerprint density at radius 1 is 1.33 bits per heavy atom. The van der Waals surface area contributed by atoms with Gasteiger partial charge in [0, 0.05) is 11.8 Å². The van der Waals surface area contributed by atoms with Crippen molar-refractivity contribution in [3.63, 3.8) is 0 Å². The number of hydrogen-bond acceptors (Lipinski definition) is 2. The third-order valence-electron chi connectivity index (χ3n) is 3.69. The van der Waals surface area contributed by atoms with Crippen LogP contribution in [0.2, 0.25) is 0 Å². The minimum atomic E-state index is 0.00589. The van der Waals surface area contributed by atoms with Crippen LogP contribution in [-0.2, 0) is 9.59 Å². The van der Waals surface area contributed by atoms with Crippen LogP contribution in [0.3, 0.4) is 0 Å². The number of nitrogens with one attached hydrogen (secondary N) is 1. The van der Waals surface area contributed by atoms with Gasteiger partial charge in [-0.1, -0.05) is 30.3 Å². The molecule has 3 heteroatoms. The van der Waals surface area contributed by atoms with E-state index < -0.39 is 0 Å². The Hall–Kier alpha value is -1.64. The molecule has 0 aromatic heterocycles. The Bertz CT molecular complexity index is 416. The molecule has 0 unspecified atom stereocenters. The summed E-state index contributed by atoms with van der Waals surface area (Å²) in [5.74, 6) is 0.162. The Labute approximate surface area is 108 Å². The van der Waals surface area contributed by atoms with Gasteiger partial charge in [0.25, 0.3) is 0 Å². The quantitative estimate of drug-likeness (QED) is 0.828.